The van der Waals surface area contributed by atoms with E-state index in [-0.39, 0.29) is 6.10 Å². The van der Waals surface area contributed by atoms with Gasteiger partial charge in [0.15, 0.2) is 0 Å². The van der Waals surface area contributed by atoms with E-state index in [9.17, 15) is 0 Å². The molecule has 14 heavy (non-hydrogen) atoms. The molecule has 0 aliphatic carbocycles. The molecule has 0 atom stereocenters. The van der Waals surface area contributed by atoms with E-state index in [0.29, 0.717) is 0 Å². The van der Waals surface area contributed by atoms with Crippen LogP contribution in [-0.2, 0) is 6.42 Å². The quantitative estimate of drug-likeness (QED) is 0.659. The topological polar surface area (TPSA) is 9.23 Å². The van der Waals surface area contributed by atoms with Crippen molar-refractivity contribution in [1.29, 1.82) is 0 Å². The molecule has 0 saturated carbocycles. The van der Waals surface area contributed by atoms with E-state index < -0.39 is 0 Å². The molecule has 0 aromatic heterocycles. The molecule has 0 saturated heterocycles. The fourth-order valence-corrected chi connectivity index (χ4v) is 1.31. The molecular formula is C13H18O. The Kier molecular flexibility index (Phi) is 3.75. The van der Waals surface area contributed by atoms with Gasteiger partial charge in [-0.1, -0.05) is 24.3 Å². The first-order valence-electron chi connectivity index (χ1n) is 4.98. The summed E-state index contributed by atoms with van der Waals surface area (Å²) < 4.78 is 5.55. The highest BCUT2D eigenvalue weighted by molar-refractivity contribution is 5.29. The molecule has 0 aliphatic rings. The number of rotatable bonds is 4. The Morgan fingerprint density at radius 3 is 2.29 bits per heavy atom. The van der Waals surface area contributed by atoms with E-state index in [4.69, 9.17) is 4.74 Å². The highest BCUT2D eigenvalue weighted by Crippen LogP contribution is 2.15. The summed E-state index contributed by atoms with van der Waals surface area (Å²) in [4.78, 5) is 0. The van der Waals surface area contributed by atoms with Crippen LogP contribution in [-0.4, -0.2) is 6.10 Å². The molecule has 0 spiro atoms. The standard InChI is InChI=1S/C13H18O/c1-10(2)9-12-5-7-13(8-6-12)14-11(3)4/h5-8,11H,1,9H2,2-4H3. The highest BCUT2D eigenvalue weighted by Gasteiger charge is 1.97. The van der Waals surface area contributed by atoms with E-state index in [2.05, 4.69) is 18.7 Å². The Balaban J connectivity index is 2.63. The van der Waals surface area contributed by atoms with Crippen LogP contribution in [0.2, 0.25) is 0 Å². The van der Waals surface area contributed by atoms with E-state index in [1.807, 2.05) is 32.9 Å². The molecule has 1 nitrogen and oxygen atoms in total. The smallest absolute Gasteiger partial charge is 0.119 e. The summed E-state index contributed by atoms with van der Waals surface area (Å²) in [6.07, 6.45) is 1.18. The Morgan fingerprint density at radius 2 is 1.86 bits per heavy atom. The Labute approximate surface area is 86.4 Å². The fraction of sp³-hybridized carbons (Fsp3) is 0.385. The van der Waals surface area contributed by atoms with E-state index in [1.54, 1.807) is 0 Å². The lowest BCUT2D eigenvalue weighted by molar-refractivity contribution is 0.242. The van der Waals surface area contributed by atoms with Gasteiger partial charge in [-0.25, -0.2) is 0 Å². The summed E-state index contributed by atoms with van der Waals surface area (Å²) in [5, 5.41) is 0. The lowest BCUT2D eigenvalue weighted by atomic mass is 10.1. The second-order valence-electron chi connectivity index (χ2n) is 3.94. The number of benzene rings is 1. The summed E-state index contributed by atoms with van der Waals surface area (Å²) in [7, 11) is 0. The minimum Gasteiger partial charge on any atom is -0.491 e. The number of ether oxygens (including phenoxy) is 1. The third kappa shape index (κ3) is 3.65. The molecule has 76 valence electrons. The zero-order chi connectivity index (χ0) is 10.6. The molecule has 0 unspecified atom stereocenters. The van der Waals surface area contributed by atoms with Crippen LogP contribution in [0.1, 0.15) is 26.3 Å². The average Bonchev–Trinajstić information content (AvgIpc) is 2.06. The van der Waals surface area contributed by atoms with Crippen molar-refractivity contribution in [3.05, 3.63) is 42.0 Å². The summed E-state index contributed by atoms with van der Waals surface area (Å²) in [6.45, 7) is 9.99. The molecule has 0 aliphatic heterocycles. The van der Waals surface area contributed by atoms with Crippen molar-refractivity contribution in [2.75, 3.05) is 0 Å². The summed E-state index contributed by atoms with van der Waals surface area (Å²) in [6, 6.07) is 8.20. The van der Waals surface area contributed by atoms with Gasteiger partial charge in [0.25, 0.3) is 0 Å². The van der Waals surface area contributed by atoms with Crippen molar-refractivity contribution in [3.63, 3.8) is 0 Å². The summed E-state index contributed by atoms with van der Waals surface area (Å²) in [5.74, 6) is 0.936. The second-order valence-corrected chi connectivity index (χ2v) is 3.94. The molecule has 1 aromatic rings. The summed E-state index contributed by atoms with van der Waals surface area (Å²) >= 11 is 0. The minimum absolute atomic E-state index is 0.238. The van der Waals surface area contributed by atoms with Crippen LogP contribution in [0.5, 0.6) is 5.75 Å². The normalized spacial score (nSPS) is 10.3. The van der Waals surface area contributed by atoms with Gasteiger partial charge in [-0.15, -0.1) is 0 Å². The zero-order valence-electron chi connectivity index (χ0n) is 9.21. The van der Waals surface area contributed by atoms with Gasteiger partial charge < -0.3 is 4.74 Å². The van der Waals surface area contributed by atoms with Gasteiger partial charge in [0.1, 0.15) is 5.75 Å². The maximum atomic E-state index is 5.55. The van der Waals surface area contributed by atoms with Crippen LogP contribution in [0.3, 0.4) is 0 Å². The number of allylic oxidation sites excluding steroid dienone is 1. The first-order valence-corrected chi connectivity index (χ1v) is 4.98. The first kappa shape index (κ1) is 10.8. The van der Waals surface area contributed by atoms with Crippen molar-refractivity contribution in [1.82, 2.24) is 0 Å². The lowest BCUT2D eigenvalue weighted by Gasteiger charge is -2.09. The SMILES string of the molecule is C=C(C)Cc1ccc(OC(C)C)cc1. The molecule has 0 heterocycles. The predicted octanol–water partition coefficient (Wildman–Crippen LogP) is 3.59. The van der Waals surface area contributed by atoms with Gasteiger partial charge in [-0.2, -0.15) is 0 Å². The van der Waals surface area contributed by atoms with Crippen LogP contribution in [0.25, 0.3) is 0 Å². The summed E-state index contributed by atoms with van der Waals surface area (Å²) in [5.41, 5.74) is 2.47. The van der Waals surface area contributed by atoms with Gasteiger partial charge in [-0.05, 0) is 44.9 Å². The third-order valence-corrected chi connectivity index (χ3v) is 1.80. The van der Waals surface area contributed by atoms with Crippen molar-refractivity contribution >= 4 is 0 Å². The third-order valence-electron chi connectivity index (χ3n) is 1.80. The van der Waals surface area contributed by atoms with Crippen LogP contribution in [0, 0.1) is 0 Å². The Morgan fingerprint density at radius 1 is 1.29 bits per heavy atom. The number of hydrogen-bond donors (Lipinski definition) is 0. The number of hydrogen-bond acceptors (Lipinski definition) is 1. The molecule has 0 bridgehead atoms. The van der Waals surface area contributed by atoms with Crippen molar-refractivity contribution in [2.45, 2.75) is 33.3 Å². The minimum atomic E-state index is 0.238. The zero-order valence-corrected chi connectivity index (χ0v) is 9.21. The molecule has 0 fully saturated rings. The average molecular weight is 190 g/mol. The van der Waals surface area contributed by atoms with Gasteiger partial charge in [0.2, 0.25) is 0 Å². The van der Waals surface area contributed by atoms with Gasteiger partial charge in [0, 0.05) is 0 Å². The molecule has 1 heteroatoms. The predicted molar refractivity (Wildman–Crippen MR) is 60.7 cm³/mol. The van der Waals surface area contributed by atoms with E-state index in [0.717, 1.165) is 12.2 Å². The maximum absolute atomic E-state index is 5.55. The van der Waals surface area contributed by atoms with Crippen LogP contribution >= 0.6 is 0 Å². The molecule has 0 radical (unpaired) electrons. The lowest BCUT2D eigenvalue weighted by Crippen LogP contribution is -2.05. The molecular weight excluding hydrogens is 172 g/mol. The van der Waals surface area contributed by atoms with Crippen LogP contribution < -0.4 is 4.74 Å². The molecule has 1 aromatic carbocycles. The molecule has 1 rings (SSSR count). The van der Waals surface area contributed by atoms with Crippen molar-refractivity contribution < 1.29 is 4.74 Å². The Bertz CT molecular complexity index is 296. The van der Waals surface area contributed by atoms with Crippen molar-refractivity contribution in [3.8, 4) is 5.75 Å². The van der Waals surface area contributed by atoms with E-state index in [1.165, 1.54) is 11.1 Å². The Hall–Kier alpha value is -1.24. The molecule has 0 amide bonds. The van der Waals surface area contributed by atoms with E-state index >= 15 is 0 Å². The van der Waals surface area contributed by atoms with Crippen LogP contribution in [0.4, 0.5) is 0 Å². The maximum Gasteiger partial charge on any atom is 0.119 e. The monoisotopic (exact) mass is 190 g/mol. The van der Waals surface area contributed by atoms with Gasteiger partial charge >= 0.3 is 0 Å². The molecule has 0 N–H and O–H groups in total. The van der Waals surface area contributed by atoms with Crippen molar-refractivity contribution in [2.24, 2.45) is 0 Å². The van der Waals surface area contributed by atoms with Crippen LogP contribution in [0.15, 0.2) is 36.4 Å². The first-order chi connectivity index (χ1) is 6.58. The highest BCUT2D eigenvalue weighted by atomic mass is 16.5. The fourth-order valence-electron chi connectivity index (χ4n) is 1.31. The van der Waals surface area contributed by atoms with Gasteiger partial charge in [-0.3, -0.25) is 0 Å². The second kappa shape index (κ2) is 4.85. The largest absolute Gasteiger partial charge is 0.491 e. The van der Waals surface area contributed by atoms with Gasteiger partial charge in [0.05, 0.1) is 6.10 Å².